The van der Waals surface area contributed by atoms with E-state index in [1.165, 1.54) is 18.7 Å². The second-order valence-electron chi connectivity index (χ2n) is 10.7. The summed E-state index contributed by atoms with van der Waals surface area (Å²) in [6.45, 7) is 9.94. The SMILES string of the molecule is CC1Cc2cc(C(O)(C(F)(F)F)C(F)(F)F)ccc2N1C(C)(c1cccc(C(C)(C)C)c1)c1cocn1. The molecular formula is C27H28F6N2O2. The molecule has 1 aromatic heterocycles. The van der Waals surface area contributed by atoms with Gasteiger partial charge in [0.15, 0.2) is 6.39 Å². The minimum Gasteiger partial charge on any atom is -0.451 e. The Bertz CT molecular complexity index is 1260. The minimum absolute atomic E-state index is 0.168. The Morgan fingerprint density at radius 2 is 1.51 bits per heavy atom. The van der Waals surface area contributed by atoms with Gasteiger partial charge in [0, 0.05) is 17.3 Å². The number of oxazole rings is 1. The van der Waals surface area contributed by atoms with Crippen LogP contribution >= 0.6 is 0 Å². The predicted molar refractivity (Wildman–Crippen MR) is 126 cm³/mol. The normalized spacial score (nSPS) is 18.6. The Hall–Kier alpha value is -3.01. The van der Waals surface area contributed by atoms with E-state index in [9.17, 15) is 31.4 Å². The number of benzene rings is 2. The minimum atomic E-state index is -5.95. The van der Waals surface area contributed by atoms with Crippen molar-refractivity contribution in [3.8, 4) is 0 Å². The number of hydrogen-bond donors (Lipinski definition) is 1. The number of hydrogen-bond acceptors (Lipinski definition) is 4. The molecule has 37 heavy (non-hydrogen) atoms. The van der Waals surface area contributed by atoms with E-state index in [1.54, 1.807) is 0 Å². The molecule has 2 heterocycles. The first-order valence-electron chi connectivity index (χ1n) is 11.7. The predicted octanol–water partition coefficient (Wildman–Crippen LogP) is 7.00. The highest BCUT2D eigenvalue weighted by Crippen LogP contribution is 2.52. The maximum Gasteiger partial charge on any atom is 0.430 e. The standard InChI is InChI=1S/C27H28F6N2O2/c1-16-11-17-12-20(25(36,26(28,29)30)27(31,32)33)9-10-21(17)35(16)24(5,22-14-37-15-34-22)19-8-6-7-18(13-19)23(2,3)4/h6-10,12-16,36H,11H2,1-5H3. The molecule has 1 N–H and O–H groups in total. The van der Waals surface area contributed by atoms with Crippen molar-refractivity contribution in [1.29, 1.82) is 0 Å². The smallest absolute Gasteiger partial charge is 0.430 e. The quantitative estimate of drug-likeness (QED) is 0.372. The zero-order valence-electron chi connectivity index (χ0n) is 21.0. The fraction of sp³-hybridized carbons (Fsp3) is 0.444. The van der Waals surface area contributed by atoms with Crippen LogP contribution < -0.4 is 4.90 Å². The second-order valence-corrected chi connectivity index (χ2v) is 10.7. The molecule has 2 aromatic carbocycles. The monoisotopic (exact) mass is 526 g/mol. The summed E-state index contributed by atoms with van der Waals surface area (Å²) in [7, 11) is 0. The third kappa shape index (κ3) is 4.19. The van der Waals surface area contributed by atoms with E-state index < -0.39 is 29.1 Å². The number of nitrogens with zero attached hydrogens (tertiary/aromatic N) is 2. The van der Waals surface area contributed by atoms with Gasteiger partial charge in [0.1, 0.15) is 17.5 Å². The Balaban J connectivity index is 1.90. The molecule has 0 saturated carbocycles. The molecule has 10 heteroatoms. The van der Waals surface area contributed by atoms with E-state index in [0.717, 1.165) is 17.2 Å². The Labute approximate surface area is 210 Å². The van der Waals surface area contributed by atoms with E-state index in [4.69, 9.17) is 4.42 Å². The van der Waals surface area contributed by atoms with Crippen LogP contribution in [0.5, 0.6) is 0 Å². The van der Waals surface area contributed by atoms with E-state index in [0.29, 0.717) is 17.4 Å². The maximum atomic E-state index is 13.5. The molecule has 3 aromatic rings. The first-order valence-corrected chi connectivity index (χ1v) is 11.7. The van der Waals surface area contributed by atoms with Crippen molar-refractivity contribution in [2.45, 2.75) is 76.0 Å². The van der Waals surface area contributed by atoms with Crippen LogP contribution in [0.25, 0.3) is 0 Å². The highest BCUT2D eigenvalue weighted by atomic mass is 19.4. The molecule has 200 valence electrons. The first kappa shape index (κ1) is 27.0. The molecule has 0 bridgehead atoms. The van der Waals surface area contributed by atoms with Crippen molar-refractivity contribution < 1.29 is 35.9 Å². The van der Waals surface area contributed by atoms with Gasteiger partial charge in [0.25, 0.3) is 5.60 Å². The fourth-order valence-electron chi connectivity index (χ4n) is 5.18. The molecule has 0 saturated heterocycles. The Morgan fingerprint density at radius 1 is 0.892 bits per heavy atom. The number of aliphatic hydroxyl groups is 1. The summed E-state index contributed by atoms with van der Waals surface area (Å²) in [5, 5.41) is 9.93. The third-order valence-corrected chi connectivity index (χ3v) is 7.24. The highest BCUT2D eigenvalue weighted by molar-refractivity contribution is 5.66. The maximum absolute atomic E-state index is 13.5. The van der Waals surface area contributed by atoms with Gasteiger partial charge in [0.05, 0.1) is 0 Å². The zero-order chi connectivity index (χ0) is 27.6. The van der Waals surface area contributed by atoms with Crippen molar-refractivity contribution in [1.82, 2.24) is 4.98 Å². The topological polar surface area (TPSA) is 49.5 Å². The lowest BCUT2D eigenvalue weighted by molar-refractivity contribution is -0.376. The lowest BCUT2D eigenvalue weighted by Gasteiger charge is -2.43. The zero-order valence-corrected chi connectivity index (χ0v) is 21.0. The van der Waals surface area contributed by atoms with Crippen LogP contribution in [0, 0.1) is 0 Å². The summed E-state index contributed by atoms with van der Waals surface area (Å²) in [6, 6.07) is 10.2. The van der Waals surface area contributed by atoms with Crippen LogP contribution in [0.15, 0.2) is 59.5 Å². The number of alkyl halides is 6. The van der Waals surface area contributed by atoms with Crippen molar-refractivity contribution in [3.63, 3.8) is 0 Å². The summed E-state index contributed by atoms with van der Waals surface area (Å²) < 4.78 is 86.4. The van der Waals surface area contributed by atoms with E-state index in [1.807, 2.05) is 43.0 Å². The van der Waals surface area contributed by atoms with Crippen molar-refractivity contribution in [3.05, 3.63) is 83.1 Å². The van der Waals surface area contributed by atoms with Gasteiger partial charge in [-0.1, -0.05) is 57.2 Å². The van der Waals surface area contributed by atoms with Crippen molar-refractivity contribution >= 4 is 5.69 Å². The molecule has 1 aliphatic rings. The Morgan fingerprint density at radius 3 is 2.05 bits per heavy atom. The molecule has 2 atom stereocenters. The number of fused-ring (bicyclic) bond motifs is 1. The molecule has 0 radical (unpaired) electrons. The fourth-order valence-corrected chi connectivity index (χ4v) is 5.18. The summed E-state index contributed by atoms with van der Waals surface area (Å²) >= 11 is 0. The number of rotatable bonds is 4. The van der Waals surface area contributed by atoms with Crippen LogP contribution in [0.2, 0.25) is 0 Å². The molecule has 1 aliphatic heterocycles. The summed E-state index contributed by atoms with van der Waals surface area (Å²) in [5.74, 6) is 0. The lowest BCUT2D eigenvalue weighted by atomic mass is 9.80. The van der Waals surface area contributed by atoms with Gasteiger partial charge in [-0.2, -0.15) is 26.3 Å². The van der Waals surface area contributed by atoms with E-state index >= 15 is 0 Å². The average Bonchev–Trinajstić information content (AvgIpc) is 3.43. The van der Waals surface area contributed by atoms with Gasteiger partial charge in [-0.25, -0.2) is 4.98 Å². The van der Waals surface area contributed by atoms with Gasteiger partial charge in [-0.05, 0) is 48.4 Å². The molecule has 0 aliphatic carbocycles. The average molecular weight is 527 g/mol. The van der Waals surface area contributed by atoms with Crippen molar-refractivity contribution in [2.24, 2.45) is 0 Å². The van der Waals surface area contributed by atoms with Gasteiger partial charge in [-0.3, -0.25) is 0 Å². The molecule has 4 nitrogen and oxygen atoms in total. The van der Waals surface area contributed by atoms with Crippen LogP contribution in [-0.4, -0.2) is 28.5 Å². The molecule has 0 amide bonds. The highest BCUT2D eigenvalue weighted by Gasteiger charge is 2.71. The van der Waals surface area contributed by atoms with E-state index in [-0.39, 0.29) is 23.4 Å². The molecule has 4 rings (SSSR count). The van der Waals surface area contributed by atoms with Crippen LogP contribution in [-0.2, 0) is 23.0 Å². The third-order valence-electron chi connectivity index (χ3n) is 7.24. The molecular weight excluding hydrogens is 498 g/mol. The molecule has 0 spiro atoms. The number of anilines is 1. The molecule has 0 fully saturated rings. The number of aromatic nitrogens is 1. The van der Waals surface area contributed by atoms with Crippen LogP contribution in [0.1, 0.15) is 62.6 Å². The van der Waals surface area contributed by atoms with Gasteiger partial charge in [0.2, 0.25) is 0 Å². The Kier molecular flexibility index (Phi) is 6.22. The first-order chi connectivity index (χ1) is 16.9. The van der Waals surface area contributed by atoms with Crippen LogP contribution in [0.3, 0.4) is 0 Å². The van der Waals surface area contributed by atoms with Gasteiger partial charge < -0.3 is 14.4 Å². The number of halogens is 6. The summed E-state index contributed by atoms with van der Waals surface area (Å²) in [5.41, 5.74) is -4.27. The lowest BCUT2D eigenvalue weighted by Crippen LogP contribution is -2.54. The largest absolute Gasteiger partial charge is 0.451 e. The molecule has 2 unspecified atom stereocenters. The second kappa shape index (κ2) is 8.51. The van der Waals surface area contributed by atoms with Crippen LogP contribution in [0.4, 0.5) is 32.0 Å². The summed E-state index contributed by atoms with van der Waals surface area (Å²) in [4.78, 5) is 6.32. The summed E-state index contributed by atoms with van der Waals surface area (Å²) in [6.07, 6.45) is -8.98. The van der Waals surface area contributed by atoms with Gasteiger partial charge >= 0.3 is 12.4 Å². The van der Waals surface area contributed by atoms with Gasteiger partial charge in [-0.15, -0.1) is 0 Å². The van der Waals surface area contributed by atoms with E-state index in [2.05, 4.69) is 25.8 Å². The van der Waals surface area contributed by atoms with Crippen molar-refractivity contribution in [2.75, 3.05) is 4.90 Å².